The maximum atomic E-state index is 14.2. The fraction of sp³-hybridized carbons (Fsp3) is 0.444. The molecule has 2 amide bonds. The van der Waals surface area contributed by atoms with Crippen molar-refractivity contribution in [2.45, 2.75) is 43.9 Å². The van der Waals surface area contributed by atoms with Crippen LogP contribution in [0.2, 0.25) is 0 Å². The molecule has 0 saturated heterocycles. The maximum absolute atomic E-state index is 14.2. The molecule has 27 heavy (non-hydrogen) atoms. The first-order valence-corrected chi connectivity index (χ1v) is 9.89. The van der Waals surface area contributed by atoms with Crippen LogP contribution in [-0.4, -0.2) is 44.9 Å². The number of amides is 2. The van der Waals surface area contributed by atoms with Gasteiger partial charge in [0.05, 0.1) is 11.3 Å². The Morgan fingerprint density at radius 2 is 2.07 bits per heavy atom. The zero-order chi connectivity index (χ0) is 19.4. The summed E-state index contributed by atoms with van der Waals surface area (Å²) in [7, 11) is 0. The number of nitrogens with one attached hydrogen (secondary N) is 2. The van der Waals surface area contributed by atoms with Crippen molar-refractivity contribution in [1.29, 1.82) is 0 Å². The minimum absolute atomic E-state index is 0.103. The van der Waals surface area contributed by atoms with E-state index in [0.717, 1.165) is 12.8 Å². The predicted molar refractivity (Wildman–Crippen MR) is 101 cm³/mol. The number of carbonyl (C=O) groups is 2. The highest BCUT2D eigenvalue weighted by Crippen LogP contribution is 2.41. The molecule has 0 radical (unpaired) electrons. The molecular formula is C18H22FN5O2S. The van der Waals surface area contributed by atoms with E-state index in [0.29, 0.717) is 23.1 Å². The molecular weight excluding hydrogens is 369 g/mol. The van der Waals surface area contributed by atoms with Gasteiger partial charge in [0.1, 0.15) is 11.9 Å². The molecule has 9 heteroatoms. The van der Waals surface area contributed by atoms with Crippen LogP contribution in [0, 0.1) is 5.82 Å². The van der Waals surface area contributed by atoms with Gasteiger partial charge in [0.2, 0.25) is 11.8 Å². The van der Waals surface area contributed by atoms with Crippen LogP contribution in [0.3, 0.4) is 0 Å². The van der Waals surface area contributed by atoms with E-state index >= 15 is 0 Å². The van der Waals surface area contributed by atoms with E-state index in [-0.39, 0.29) is 29.4 Å². The SMILES string of the molecule is CCNC(=O)[C@@H](C)NC(=O)CSc1nnc(-c2ccccc2F)n1C1CC1. The highest BCUT2D eigenvalue weighted by molar-refractivity contribution is 7.99. The number of likely N-dealkylation sites (N-methyl/N-ethyl adjacent to an activating group) is 1. The van der Waals surface area contributed by atoms with Crippen LogP contribution in [0.15, 0.2) is 29.4 Å². The van der Waals surface area contributed by atoms with E-state index in [1.54, 1.807) is 25.1 Å². The molecule has 1 aromatic heterocycles. The van der Waals surface area contributed by atoms with Crippen molar-refractivity contribution < 1.29 is 14.0 Å². The lowest BCUT2D eigenvalue weighted by Gasteiger charge is -2.13. The first-order valence-electron chi connectivity index (χ1n) is 8.91. The van der Waals surface area contributed by atoms with Crippen molar-refractivity contribution in [3.05, 3.63) is 30.1 Å². The lowest BCUT2D eigenvalue weighted by Crippen LogP contribution is -2.45. The summed E-state index contributed by atoms with van der Waals surface area (Å²) in [6.45, 7) is 3.97. The number of carbonyl (C=O) groups excluding carboxylic acids is 2. The quantitative estimate of drug-likeness (QED) is 0.673. The average molecular weight is 391 g/mol. The first-order chi connectivity index (χ1) is 13.0. The topological polar surface area (TPSA) is 88.9 Å². The molecule has 1 atom stereocenters. The van der Waals surface area contributed by atoms with E-state index in [4.69, 9.17) is 0 Å². The third kappa shape index (κ3) is 4.65. The van der Waals surface area contributed by atoms with Gasteiger partial charge in [-0.3, -0.25) is 14.2 Å². The predicted octanol–water partition coefficient (Wildman–Crippen LogP) is 2.15. The van der Waals surface area contributed by atoms with Crippen LogP contribution in [0.5, 0.6) is 0 Å². The minimum atomic E-state index is -0.603. The molecule has 3 rings (SSSR count). The van der Waals surface area contributed by atoms with Gasteiger partial charge in [-0.15, -0.1) is 10.2 Å². The fourth-order valence-electron chi connectivity index (χ4n) is 2.67. The highest BCUT2D eigenvalue weighted by atomic mass is 32.2. The van der Waals surface area contributed by atoms with E-state index in [9.17, 15) is 14.0 Å². The third-order valence-corrected chi connectivity index (χ3v) is 5.09. The third-order valence-electron chi connectivity index (χ3n) is 4.15. The summed E-state index contributed by atoms with van der Waals surface area (Å²) < 4.78 is 16.1. The van der Waals surface area contributed by atoms with Gasteiger partial charge in [0.15, 0.2) is 11.0 Å². The molecule has 0 bridgehead atoms. The lowest BCUT2D eigenvalue weighted by molar-refractivity contribution is -0.127. The van der Waals surface area contributed by atoms with Gasteiger partial charge in [0, 0.05) is 12.6 Å². The van der Waals surface area contributed by atoms with Crippen LogP contribution < -0.4 is 10.6 Å². The Bertz CT molecular complexity index is 837. The molecule has 2 aromatic rings. The van der Waals surface area contributed by atoms with Gasteiger partial charge in [-0.1, -0.05) is 23.9 Å². The van der Waals surface area contributed by atoms with Crippen molar-refractivity contribution in [2.75, 3.05) is 12.3 Å². The Labute approximate surface area is 161 Å². The summed E-state index contributed by atoms with van der Waals surface area (Å²) in [6.07, 6.45) is 1.96. The standard InChI is InChI=1S/C18H22FN5O2S/c1-3-20-17(26)11(2)21-15(25)10-27-18-23-22-16(24(18)12-8-9-12)13-6-4-5-7-14(13)19/h4-7,11-12H,3,8-10H2,1-2H3,(H,20,26)(H,21,25)/t11-/m1/s1. The number of hydrogen-bond donors (Lipinski definition) is 2. The van der Waals surface area contributed by atoms with Gasteiger partial charge in [-0.2, -0.15) is 0 Å². The summed E-state index contributed by atoms with van der Waals surface area (Å²) >= 11 is 1.24. The lowest BCUT2D eigenvalue weighted by atomic mass is 10.2. The number of nitrogens with zero attached hydrogens (tertiary/aromatic N) is 3. The molecule has 0 spiro atoms. The van der Waals surface area contributed by atoms with Crippen molar-refractivity contribution in [3.63, 3.8) is 0 Å². The molecule has 1 aliphatic rings. The Morgan fingerprint density at radius 1 is 1.33 bits per heavy atom. The molecule has 1 aromatic carbocycles. The number of thioether (sulfide) groups is 1. The zero-order valence-corrected chi connectivity index (χ0v) is 16.1. The number of benzene rings is 1. The minimum Gasteiger partial charge on any atom is -0.355 e. The molecule has 0 aliphatic heterocycles. The van der Waals surface area contributed by atoms with E-state index in [1.807, 2.05) is 11.5 Å². The Kier molecular flexibility index (Phi) is 6.10. The second-order valence-electron chi connectivity index (χ2n) is 6.36. The van der Waals surface area contributed by atoms with Crippen molar-refractivity contribution >= 4 is 23.6 Å². The molecule has 144 valence electrons. The number of hydrogen-bond acceptors (Lipinski definition) is 5. The summed E-state index contributed by atoms with van der Waals surface area (Å²) in [5.74, 6) is -0.257. The van der Waals surface area contributed by atoms with Gasteiger partial charge in [-0.25, -0.2) is 4.39 Å². The molecule has 1 heterocycles. The second kappa shape index (κ2) is 8.51. The normalized spacial score (nSPS) is 14.6. The summed E-state index contributed by atoms with van der Waals surface area (Å²) in [6, 6.07) is 6.08. The second-order valence-corrected chi connectivity index (χ2v) is 7.30. The number of aromatic nitrogens is 3. The van der Waals surface area contributed by atoms with Gasteiger partial charge in [0.25, 0.3) is 0 Å². The molecule has 0 unspecified atom stereocenters. The zero-order valence-electron chi connectivity index (χ0n) is 15.2. The molecule has 2 N–H and O–H groups in total. The van der Waals surface area contributed by atoms with E-state index in [1.165, 1.54) is 17.8 Å². The summed E-state index contributed by atoms with van der Waals surface area (Å²) in [4.78, 5) is 23.8. The van der Waals surface area contributed by atoms with Crippen LogP contribution in [0.25, 0.3) is 11.4 Å². The van der Waals surface area contributed by atoms with E-state index in [2.05, 4.69) is 20.8 Å². The van der Waals surface area contributed by atoms with E-state index < -0.39 is 6.04 Å². The van der Waals surface area contributed by atoms with Gasteiger partial charge < -0.3 is 10.6 Å². The monoisotopic (exact) mass is 391 g/mol. The largest absolute Gasteiger partial charge is 0.355 e. The smallest absolute Gasteiger partial charge is 0.242 e. The summed E-state index contributed by atoms with van der Waals surface area (Å²) in [5.41, 5.74) is 0.401. The number of rotatable bonds is 8. The Balaban J connectivity index is 1.68. The fourth-order valence-corrected chi connectivity index (χ4v) is 3.49. The molecule has 1 aliphatic carbocycles. The highest BCUT2D eigenvalue weighted by Gasteiger charge is 2.31. The van der Waals surface area contributed by atoms with Crippen LogP contribution >= 0.6 is 11.8 Å². The Hall–Kier alpha value is -2.42. The number of halogens is 1. The summed E-state index contributed by atoms with van der Waals surface area (Å²) in [5, 5.41) is 14.2. The molecule has 1 fully saturated rings. The molecule has 1 saturated carbocycles. The van der Waals surface area contributed by atoms with Crippen molar-refractivity contribution in [3.8, 4) is 11.4 Å². The van der Waals surface area contributed by atoms with Crippen LogP contribution in [0.1, 0.15) is 32.7 Å². The maximum Gasteiger partial charge on any atom is 0.242 e. The van der Waals surface area contributed by atoms with Crippen LogP contribution in [0.4, 0.5) is 4.39 Å². The van der Waals surface area contributed by atoms with Crippen molar-refractivity contribution in [1.82, 2.24) is 25.4 Å². The van der Waals surface area contributed by atoms with Gasteiger partial charge in [-0.05, 0) is 38.8 Å². The first kappa shape index (κ1) is 19.3. The molecule has 7 nitrogen and oxygen atoms in total. The Morgan fingerprint density at radius 3 is 2.74 bits per heavy atom. The van der Waals surface area contributed by atoms with Crippen molar-refractivity contribution in [2.24, 2.45) is 0 Å². The van der Waals surface area contributed by atoms with Crippen LogP contribution in [-0.2, 0) is 9.59 Å². The van der Waals surface area contributed by atoms with Gasteiger partial charge >= 0.3 is 0 Å². The average Bonchev–Trinajstić information content (AvgIpc) is 3.40.